The molecule has 2 aliphatic rings. The third-order valence-corrected chi connectivity index (χ3v) is 6.79. The zero-order valence-electron chi connectivity index (χ0n) is 20.4. The summed E-state index contributed by atoms with van der Waals surface area (Å²) in [4.78, 5) is 44.2. The lowest BCUT2D eigenvalue weighted by Crippen LogP contribution is -2.51. The Morgan fingerprint density at radius 1 is 0.861 bits per heavy atom. The predicted molar refractivity (Wildman–Crippen MR) is 139 cm³/mol. The van der Waals surface area contributed by atoms with Gasteiger partial charge in [-0.3, -0.25) is 24.2 Å². The summed E-state index contributed by atoms with van der Waals surface area (Å²) in [6.45, 7) is 6.09. The molecule has 0 radical (unpaired) electrons. The lowest BCUT2D eigenvalue weighted by Gasteiger charge is -2.35. The normalized spacial score (nSPS) is 16.2. The predicted octanol–water partition coefficient (Wildman–Crippen LogP) is 3.69. The first-order chi connectivity index (χ1) is 17.5. The van der Waals surface area contributed by atoms with Crippen LogP contribution in [-0.2, 0) is 4.79 Å². The molecule has 5 rings (SSSR count). The van der Waals surface area contributed by atoms with E-state index in [2.05, 4.69) is 4.90 Å². The molecular weight excluding hydrogens is 454 g/mol. The summed E-state index contributed by atoms with van der Waals surface area (Å²) >= 11 is 0. The first-order valence-corrected chi connectivity index (χ1v) is 12.4. The van der Waals surface area contributed by atoms with Crippen molar-refractivity contribution in [3.8, 4) is 5.75 Å². The molecule has 3 aromatic carbocycles. The average molecular weight is 484 g/mol. The SMILES string of the molecule is CCOc1ccc(/C=C/C(=O)N2CCN(CCN3C(=O)c4cccc5cccc(c45)C3=O)CC2)cc1. The quantitative estimate of drug-likeness (QED) is 0.379. The number of nitrogens with zero attached hydrogens (tertiary/aromatic N) is 3. The van der Waals surface area contributed by atoms with E-state index in [9.17, 15) is 14.4 Å². The van der Waals surface area contributed by atoms with Gasteiger partial charge in [0, 0.05) is 61.9 Å². The molecule has 2 aliphatic heterocycles. The van der Waals surface area contributed by atoms with Gasteiger partial charge in [0.05, 0.1) is 6.61 Å². The number of carbonyl (C=O) groups is 3. The van der Waals surface area contributed by atoms with Crippen molar-refractivity contribution in [1.29, 1.82) is 0 Å². The minimum absolute atomic E-state index is 0.0189. The summed E-state index contributed by atoms with van der Waals surface area (Å²) in [5.74, 6) is 0.316. The smallest absolute Gasteiger partial charge is 0.261 e. The minimum atomic E-state index is -0.238. The summed E-state index contributed by atoms with van der Waals surface area (Å²) < 4.78 is 5.45. The van der Waals surface area contributed by atoms with Crippen LogP contribution in [0.5, 0.6) is 5.75 Å². The first-order valence-electron chi connectivity index (χ1n) is 12.4. The first kappa shape index (κ1) is 23.8. The fraction of sp³-hybridized carbons (Fsp3) is 0.276. The van der Waals surface area contributed by atoms with Gasteiger partial charge in [-0.1, -0.05) is 36.4 Å². The molecule has 184 valence electrons. The summed E-state index contributed by atoms with van der Waals surface area (Å²) in [6, 6.07) is 18.8. The van der Waals surface area contributed by atoms with Gasteiger partial charge in [-0.25, -0.2) is 0 Å². The molecule has 1 fully saturated rings. The van der Waals surface area contributed by atoms with Crippen molar-refractivity contribution in [3.63, 3.8) is 0 Å². The standard InChI is InChI=1S/C29H29N3O4/c1-2-36-23-12-9-21(10-13-23)11-14-26(33)31-18-15-30(16-19-31)17-20-32-28(34)24-7-3-5-22-6-4-8-25(27(22)24)29(32)35/h3-14H,2,15-20H2,1H3/b14-11+. The maximum absolute atomic E-state index is 13.1. The van der Waals surface area contributed by atoms with Crippen LogP contribution in [0.25, 0.3) is 16.8 Å². The number of hydrogen-bond donors (Lipinski definition) is 0. The fourth-order valence-corrected chi connectivity index (χ4v) is 4.83. The molecule has 7 nitrogen and oxygen atoms in total. The Hall–Kier alpha value is -3.97. The second-order valence-corrected chi connectivity index (χ2v) is 8.97. The highest BCUT2D eigenvalue weighted by Gasteiger charge is 2.33. The van der Waals surface area contributed by atoms with E-state index in [1.165, 1.54) is 4.90 Å². The summed E-state index contributed by atoms with van der Waals surface area (Å²) in [5.41, 5.74) is 2.11. The molecule has 0 N–H and O–H groups in total. The second-order valence-electron chi connectivity index (χ2n) is 8.97. The van der Waals surface area contributed by atoms with Crippen molar-refractivity contribution in [2.45, 2.75) is 6.92 Å². The number of hydrogen-bond acceptors (Lipinski definition) is 5. The van der Waals surface area contributed by atoms with Gasteiger partial charge in [0.2, 0.25) is 5.91 Å². The molecule has 36 heavy (non-hydrogen) atoms. The number of piperazine rings is 1. The van der Waals surface area contributed by atoms with Gasteiger partial charge in [-0.15, -0.1) is 0 Å². The van der Waals surface area contributed by atoms with E-state index < -0.39 is 0 Å². The van der Waals surface area contributed by atoms with E-state index in [1.54, 1.807) is 18.2 Å². The van der Waals surface area contributed by atoms with Crippen molar-refractivity contribution in [1.82, 2.24) is 14.7 Å². The molecule has 0 spiro atoms. The van der Waals surface area contributed by atoms with Crippen molar-refractivity contribution >= 4 is 34.6 Å². The number of ether oxygens (including phenoxy) is 1. The third kappa shape index (κ3) is 4.75. The van der Waals surface area contributed by atoms with E-state index in [4.69, 9.17) is 4.74 Å². The number of carbonyl (C=O) groups excluding carboxylic acids is 3. The molecule has 0 saturated carbocycles. The van der Waals surface area contributed by atoms with E-state index in [-0.39, 0.29) is 17.7 Å². The van der Waals surface area contributed by atoms with Crippen LogP contribution in [-0.4, -0.2) is 78.3 Å². The highest BCUT2D eigenvalue weighted by atomic mass is 16.5. The van der Waals surface area contributed by atoms with E-state index in [0.717, 1.165) is 22.1 Å². The number of imide groups is 1. The van der Waals surface area contributed by atoms with Crippen LogP contribution in [0, 0.1) is 0 Å². The number of amides is 3. The van der Waals surface area contributed by atoms with Gasteiger partial charge < -0.3 is 9.64 Å². The molecule has 0 aromatic heterocycles. The van der Waals surface area contributed by atoms with Gasteiger partial charge in [0.15, 0.2) is 0 Å². The maximum atomic E-state index is 13.1. The topological polar surface area (TPSA) is 70.2 Å². The van der Waals surface area contributed by atoms with Crippen LogP contribution < -0.4 is 4.74 Å². The van der Waals surface area contributed by atoms with Crippen molar-refractivity contribution in [2.75, 3.05) is 45.9 Å². The Kier molecular flexibility index (Phi) is 6.82. The molecule has 1 saturated heterocycles. The Balaban J connectivity index is 1.14. The Bertz CT molecular complexity index is 1270. The van der Waals surface area contributed by atoms with E-state index in [0.29, 0.717) is 57.0 Å². The number of benzene rings is 3. The second kappa shape index (κ2) is 10.3. The van der Waals surface area contributed by atoms with Crippen LogP contribution in [0.1, 0.15) is 33.2 Å². The zero-order chi connectivity index (χ0) is 25.1. The van der Waals surface area contributed by atoms with E-state index in [1.807, 2.05) is 66.4 Å². The number of rotatable bonds is 7. The maximum Gasteiger partial charge on any atom is 0.261 e. The highest BCUT2D eigenvalue weighted by Crippen LogP contribution is 2.29. The molecule has 0 atom stereocenters. The van der Waals surface area contributed by atoms with Gasteiger partial charge in [-0.2, -0.15) is 0 Å². The van der Waals surface area contributed by atoms with Gasteiger partial charge in [0.1, 0.15) is 5.75 Å². The van der Waals surface area contributed by atoms with Gasteiger partial charge >= 0.3 is 0 Å². The average Bonchev–Trinajstić information content (AvgIpc) is 2.91. The molecule has 2 heterocycles. The Morgan fingerprint density at radius 2 is 1.50 bits per heavy atom. The highest BCUT2D eigenvalue weighted by molar-refractivity contribution is 6.25. The largest absolute Gasteiger partial charge is 0.494 e. The lowest BCUT2D eigenvalue weighted by molar-refractivity contribution is -0.127. The van der Waals surface area contributed by atoms with Crippen molar-refractivity contribution < 1.29 is 19.1 Å². The molecule has 0 aliphatic carbocycles. The molecule has 3 amide bonds. The Morgan fingerprint density at radius 3 is 2.11 bits per heavy atom. The van der Waals surface area contributed by atoms with Crippen LogP contribution in [0.2, 0.25) is 0 Å². The molecule has 7 heteroatoms. The molecule has 0 unspecified atom stereocenters. The monoisotopic (exact) mass is 483 g/mol. The molecular formula is C29H29N3O4. The fourth-order valence-electron chi connectivity index (χ4n) is 4.83. The minimum Gasteiger partial charge on any atom is -0.494 e. The van der Waals surface area contributed by atoms with Crippen molar-refractivity contribution in [2.24, 2.45) is 0 Å². The van der Waals surface area contributed by atoms with Crippen LogP contribution in [0.3, 0.4) is 0 Å². The summed E-state index contributed by atoms with van der Waals surface area (Å²) in [6.07, 6.45) is 3.42. The van der Waals surface area contributed by atoms with Crippen LogP contribution in [0.15, 0.2) is 66.7 Å². The van der Waals surface area contributed by atoms with Gasteiger partial charge in [0.25, 0.3) is 11.8 Å². The Labute approximate surface area is 210 Å². The summed E-state index contributed by atoms with van der Waals surface area (Å²) in [7, 11) is 0. The third-order valence-electron chi connectivity index (χ3n) is 6.79. The van der Waals surface area contributed by atoms with E-state index >= 15 is 0 Å². The van der Waals surface area contributed by atoms with Crippen LogP contribution in [0.4, 0.5) is 0 Å². The van der Waals surface area contributed by atoms with Gasteiger partial charge in [-0.05, 0) is 48.2 Å². The van der Waals surface area contributed by atoms with Crippen molar-refractivity contribution in [3.05, 3.63) is 83.4 Å². The zero-order valence-corrected chi connectivity index (χ0v) is 20.4. The lowest BCUT2D eigenvalue weighted by atomic mass is 9.94. The summed E-state index contributed by atoms with van der Waals surface area (Å²) in [5, 5.41) is 1.65. The molecule has 3 aromatic rings. The van der Waals surface area contributed by atoms with Crippen LogP contribution >= 0.6 is 0 Å². The molecule has 0 bridgehead atoms.